The average Bonchev–Trinajstić information content (AvgIpc) is 3.45. The number of quaternary nitrogens is 4. The van der Waals surface area contributed by atoms with Crippen LogP contribution in [-0.2, 0) is 26.2 Å². The number of hydrogen-bond acceptors (Lipinski definition) is 4. The van der Waals surface area contributed by atoms with Gasteiger partial charge in [-0.1, -0.05) is 218 Å². The molecular formula is C68H74Br4N4O4. The van der Waals surface area contributed by atoms with Crippen molar-refractivity contribution in [2.45, 2.75) is 26.2 Å². The molecule has 2 atom stereocenters. The van der Waals surface area contributed by atoms with Crippen LogP contribution in [0.4, 0.5) is 0 Å². The van der Waals surface area contributed by atoms with Crippen LogP contribution in [0.1, 0.15) is 85.9 Å². The highest BCUT2D eigenvalue weighted by Crippen LogP contribution is 2.23. The summed E-state index contributed by atoms with van der Waals surface area (Å²) in [5, 5.41) is 0. The van der Waals surface area contributed by atoms with Crippen molar-refractivity contribution in [2.24, 2.45) is 0 Å². The van der Waals surface area contributed by atoms with E-state index in [1.54, 1.807) is 0 Å². The number of halogens is 4. The van der Waals surface area contributed by atoms with E-state index < -0.39 is 0 Å². The van der Waals surface area contributed by atoms with E-state index in [0.29, 0.717) is 44.5 Å². The summed E-state index contributed by atoms with van der Waals surface area (Å²) in [6.07, 6.45) is 0. The molecule has 8 aromatic rings. The fraction of sp³-hybridized carbons (Fsp3) is 0.235. The number of benzene rings is 8. The van der Waals surface area contributed by atoms with Crippen molar-refractivity contribution < 1.29 is 105 Å². The van der Waals surface area contributed by atoms with Crippen LogP contribution >= 0.6 is 0 Å². The highest BCUT2D eigenvalue weighted by atomic mass is 79.9. The molecule has 0 saturated heterocycles. The van der Waals surface area contributed by atoms with Gasteiger partial charge in [0.25, 0.3) is 0 Å². The van der Waals surface area contributed by atoms with Gasteiger partial charge in [0.15, 0.2) is 23.1 Å². The molecule has 0 N–H and O–H groups in total. The second kappa shape index (κ2) is 30.3. The minimum atomic E-state index is 0. The lowest BCUT2D eigenvalue weighted by atomic mass is 10.0. The SMILES string of the molecule is C[N+](C)(CC[N+](C)(CC[N+](C)(CC[N+](C)(C)Cc1ccc(C(=O)c2ccccc2)cc1)Cc1ccc(C(=O)c2ccccc2)cc1)Cc1ccc(C(=O)c2ccccc2)cc1)Cc1ccc(C(=O)c2ccccc2)cc1.[Br-].[Br-].[Br-].[Br-]. The molecule has 8 aromatic carbocycles. The maximum Gasteiger partial charge on any atom is 0.193 e. The van der Waals surface area contributed by atoms with Gasteiger partial charge in [-0.3, -0.25) is 19.2 Å². The Morgan fingerprint density at radius 2 is 0.412 bits per heavy atom. The predicted molar refractivity (Wildman–Crippen MR) is 306 cm³/mol. The summed E-state index contributed by atoms with van der Waals surface area (Å²) in [7, 11) is 13.9. The van der Waals surface area contributed by atoms with Crippen molar-refractivity contribution in [1.82, 2.24) is 0 Å². The number of carbonyl (C=O) groups excluding carboxylic acids is 4. The average molecular weight is 1330 g/mol. The van der Waals surface area contributed by atoms with Gasteiger partial charge >= 0.3 is 0 Å². The maximum atomic E-state index is 13.5. The molecule has 0 aliphatic heterocycles. The van der Waals surface area contributed by atoms with Crippen molar-refractivity contribution in [2.75, 3.05) is 81.6 Å². The number of carbonyl (C=O) groups is 4. The highest BCUT2D eigenvalue weighted by Gasteiger charge is 2.34. The number of ketones is 4. The minimum Gasteiger partial charge on any atom is -1.00 e. The molecule has 12 heteroatoms. The first-order valence-corrected chi connectivity index (χ1v) is 26.5. The van der Waals surface area contributed by atoms with E-state index in [1.807, 2.05) is 170 Å². The molecule has 8 rings (SSSR count). The van der Waals surface area contributed by atoms with Crippen LogP contribution in [0.15, 0.2) is 218 Å². The zero-order chi connectivity index (χ0) is 53.8. The minimum absolute atomic E-state index is 0. The zero-order valence-electron chi connectivity index (χ0n) is 46.8. The molecule has 0 fully saturated rings. The van der Waals surface area contributed by atoms with Crippen LogP contribution in [-0.4, -0.2) is 123 Å². The van der Waals surface area contributed by atoms with Gasteiger partial charge in [0, 0.05) is 66.8 Å². The first kappa shape index (κ1) is 66.7. The Kier molecular flexibility index (Phi) is 25.3. The van der Waals surface area contributed by atoms with Crippen molar-refractivity contribution in [3.63, 3.8) is 0 Å². The fourth-order valence-electron chi connectivity index (χ4n) is 10.1. The monoisotopic (exact) mass is 1330 g/mol. The Balaban J connectivity index is 0.00000344. The molecule has 418 valence electrons. The molecule has 0 saturated carbocycles. The second-order valence-electron chi connectivity index (χ2n) is 22.7. The Hall–Kier alpha value is -5.80. The quantitative estimate of drug-likeness (QED) is 0.0588. The Morgan fingerprint density at radius 3 is 0.625 bits per heavy atom. The topological polar surface area (TPSA) is 68.3 Å². The van der Waals surface area contributed by atoms with E-state index in [2.05, 4.69) is 90.8 Å². The molecule has 0 bridgehead atoms. The van der Waals surface area contributed by atoms with Gasteiger partial charge < -0.3 is 85.9 Å². The molecule has 0 heterocycles. The van der Waals surface area contributed by atoms with Gasteiger partial charge in [-0.2, -0.15) is 0 Å². The van der Waals surface area contributed by atoms with Gasteiger partial charge in [0.2, 0.25) is 0 Å². The lowest BCUT2D eigenvalue weighted by Gasteiger charge is -2.43. The van der Waals surface area contributed by atoms with Crippen molar-refractivity contribution in [1.29, 1.82) is 0 Å². The summed E-state index contributed by atoms with van der Waals surface area (Å²) < 4.78 is 3.08. The summed E-state index contributed by atoms with van der Waals surface area (Å²) >= 11 is 0. The van der Waals surface area contributed by atoms with Gasteiger partial charge in [-0.25, -0.2) is 0 Å². The van der Waals surface area contributed by atoms with Gasteiger partial charge in [-0.15, -0.1) is 0 Å². The van der Waals surface area contributed by atoms with Crippen LogP contribution in [0.25, 0.3) is 0 Å². The predicted octanol–water partition coefficient (Wildman–Crippen LogP) is -0.227. The molecular weight excluding hydrogens is 1260 g/mol. The highest BCUT2D eigenvalue weighted by molar-refractivity contribution is 6.10. The molecule has 0 spiro atoms. The third kappa shape index (κ3) is 18.9. The third-order valence-electron chi connectivity index (χ3n) is 15.0. The summed E-state index contributed by atoms with van der Waals surface area (Å²) in [6, 6.07) is 70.4. The van der Waals surface area contributed by atoms with Crippen LogP contribution in [0.3, 0.4) is 0 Å². The summed E-state index contributed by atoms with van der Waals surface area (Å²) in [4.78, 5) is 53.4. The van der Waals surface area contributed by atoms with Crippen molar-refractivity contribution in [3.05, 3.63) is 285 Å². The van der Waals surface area contributed by atoms with E-state index in [0.717, 1.165) is 83.4 Å². The second-order valence-corrected chi connectivity index (χ2v) is 22.7. The van der Waals surface area contributed by atoms with Crippen LogP contribution in [0, 0.1) is 0 Å². The van der Waals surface area contributed by atoms with E-state index in [-0.39, 0.29) is 91.1 Å². The normalized spacial score (nSPS) is 12.6. The lowest BCUT2D eigenvalue weighted by Crippen LogP contribution is -3.00. The van der Waals surface area contributed by atoms with Gasteiger partial charge in [0.1, 0.15) is 65.4 Å². The first-order chi connectivity index (χ1) is 36.4. The number of rotatable bonds is 25. The molecule has 0 amide bonds. The molecule has 0 aliphatic carbocycles. The largest absolute Gasteiger partial charge is 1.00 e. The van der Waals surface area contributed by atoms with E-state index in [9.17, 15) is 19.2 Å². The molecule has 0 radical (unpaired) electrons. The number of nitrogens with zero attached hydrogens (tertiary/aromatic N) is 4. The van der Waals surface area contributed by atoms with Crippen molar-refractivity contribution >= 4 is 23.1 Å². The van der Waals surface area contributed by atoms with E-state index in [1.165, 1.54) is 22.3 Å². The molecule has 8 nitrogen and oxygen atoms in total. The van der Waals surface area contributed by atoms with Gasteiger partial charge in [0.05, 0.1) is 42.3 Å². The summed E-state index contributed by atoms with van der Waals surface area (Å²) in [6.45, 7) is 8.62. The fourth-order valence-corrected chi connectivity index (χ4v) is 10.1. The van der Waals surface area contributed by atoms with E-state index in [4.69, 9.17) is 0 Å². The van der Waals surface area contributed by atoms with Crippen LogP contribution < -0.4 is 67.9 Å². The molecule has 80 heavy (non-hydrogen) atoms. The Morgan fingerprint density at radius 1 is 0.237 bits per heavy atom. The summed E-state index contributed by atoms with van der Waals surface area (Å²) in [5.41, 5.74) is 10.2. The Labute approximate surface area is 517 Å². The number of hydrogen-bond donors (Lipinski definition) is 0. The zero-order valence-corrected chi connectivity index (χ0v) is 53.1. The molecule has 2 unspecified atom stereocenters. The Bertz CT molecular complexity index is 3000. The van der Waals surface area contributed by atoms with E-state index >= 15 is 0 Å². The van der Waals surface area contributed by atoms with Crippen molar-refractivity contribution in [3.8, 4) is 0 Å². The lowest BCUT2D eigenvalue weighted by molar-refractivity contribution is -1.00. The first-order valence-electron chi connectivity index (χ1n) is 26.5. The summed E-state index contributed by atoms with van der Waals surface area (Å²) in [5.74, 6) is 0.0845. The number of likely N-dealkylation sites (N-methyl/N-ethyl adjacent to an activating group) is 4. The smallest absolute Gasteiger partial charge is 0.193 e. The molecule has 0 aromatic heterocycles. The van der Waals surface area contributed by atoms with Gasteiger partial charge in [-0.05, 0) is 0 Å². The van der Waals surface area contributed by atoms with Crippen LogP contribution in [0.5, 0.6) is 0 Å². The third-order valence-corrected chi connectivity index (χ3v) is 15.0. The van der Waals surface area contributed by atoms with Crippen LogP contribution in [0.2, 0.25) is 0 Å². The molecule has 0 aliphatic rings. The standard InChI is InChI=1S/C68H74N4O4.4BrH/c1-69(2,49-53-27-35-61(36-28-53)65(73)57-19-11-7-12-20-57)43-45-71(5,51-55-31-39-63(40-32-55)67(75)59-23-15-9-16-24-59)47-48-72(6,52-56-33-41-64(42-34-56)68(76)60-25-17-10-18-26-60)46-44-70(3,4)50-54-29-37-62(38-30-54)66(74)58-21-13-8-14-22-58;;;;/h7-42H,43-52H2,1-6H3;4*1H/q+4;;;;/p-4. The maximum absolute atomic E-state index is 13.5.